The molecule has 1 rings (SSSR count). The highest BCUT2D eigenvalue weighted by Gasteiger charge is 2.15. The van der Waals surface area contributed by atoms with Gasteiger partial charge in [-0.1, -0.05) is 0 Å². The standard InChI is InChI=1S/C16H22N2O5/c1-3-23-10-4-5-14(19)18-13-8-6-12(7-9-13)15(20)17-11(2)16(21)22/h6-9,11H,3-5,10H2,1-2H3,(H,17,20)(H,18,19)(H,21,22). The average molecular weight is 322 g/mol. The van der Waals surface area contributed by atoms with Crippen LogP contribution in [0.1, 0.15) is 37.0 Å². The van der Waals surface area contributed by atoms with Crippen LogP contribution in [-0.4, -0.2) is 42.1 Å². The van der Waals surface area contributed by atoms with E-state index in [4.69, 9.17) is 9.84 Å². The lowest BCUT2D eigenvalue weighted by Crippen LogP contribution is -2.38. The van der Waals surface area contributed by atoms with Gasteiger partial charge in [-0.2, -0.15) is 0 Å². The molecule has 3 N–H and O–H groups in total. The summed E-state index contributed by atoms with van der Waals surface area (Å²) in [6, 6.07) is 5.29. The first-order valence-electron chi connectivity index (χ1n) is 7.45. The van der Waals surface area contributed by atoms with Crippen molar-refractivity contribution in [3.05, 3.63) is 29.8 Å². The number of ether oxygens (including phenoxy) is 1. The molecule has 7 heteroatoms. The summed E-state index contributed by atoms with van der Waals surface area (Å²) in [5, 5.41) is 13.8. The Labute approximate surface area is 135 Å². The van der Waals surface area contributed by atoms with Gasteiger partial charge >= 0.3 is 5.97 Å². The Kier molecular flexibility index (Phi) is 7.76. The fraction of sp³-hybridized carbons (Fsp3) is 0.438. The van der Waals surface area contributed by atoms with E-state index in [-0.39, 0.29) is 5.91 Å². The molecule has 1 aromatic carbocycles. The molecule has 0 saturated carbocycles. The molecule has 1 unspecified atom stereocenters. The molecule has 0 radical (unpaired) electrons. The summed E-state index contributed by atoms with van der Waals surface area (Å²) < 4.78 is 5.16. The van der Waals surface area contributed by atoms with Crippen molar-refractivity contribution in [3.8, 4) is 0 Å². The Morgan fingerprint density at radius 2 is 1.87 bits per heavy atom. The number of hydrogen-bond donors (Lipinski definition) is 3. The van der Waals surface area contributed by atoms with Crippen molar-refractivity contribution in [2.75, 3.05) is 18.5 Å². The highest BCUT2D eigenvalue weighted by molar-refractivity contribution is 5.97. The second-order valence-corrected chi connectivity index (χ2v) is 4.96. The van der Waals surface area contributed by atoms with E-state index in [0.29, 0.717) is 37.3 Å². The minimum atomic E-state index is -1.10. The van der Waals surface area contributed by atoms with Crippen LogP contribution in [0.15, 0.2) is 24.3 Å². The number of amides is 2. The summed E-state index contributed by atoms with van der Waals surface area (Å²) in [5.41, 5.74) is 0.904. The second kappa shape index (κ2) is 9.58. The van der Waals surface area contributed by atoms with Crippen LogP contribution in [0.4, 0.5) is 5.69 Å². The molecule has 0 aliphatic rings. The van der Waals surface area contributed by atoms with Crippen molar-refractivity contribution in [2.45, 2.75) is 32.7 Å². The summed E-state index contributed by atoms with van der Waals surface area (Å²) in [7, 11) is 0. The van der Waals surface area contributed by atoms with Crippen molar-refractivity contribution >= 4 is 23.5 Å². The number of rotatable bonds is 9. The van der Waals surface area contributed by atoms with Gasteiger partial charge in [0.2, 0.25) is 5.91 Å². The van der Waals surface area contributed by atoms with E-state index in [0.717, 1.165) is 0 Å². The summed E-state index contributed by atoms with van der Waals surface area (Å²) >= 11 is 0. The van der Waals surface area contributed by atoms with E-state index in [9.17, 15) is 14.4 Å². The summed E-state index contributed by atoms with van der Waals surface area (Å²) in [5.74, 6) is -1.70. The minimum absolute atomic E-state index is 0.124. The van der Waals surface area contributed by atoms with Crippen LogP contribution in [-0.2, 0) is 14.3 Å². The molecule has 0 spiro atoms. The van der Waals surface area contributed by atoms with E-state index in [1.807, 2.05) is 6.92 Å². The van der Waals surface area contributed by atoms with Gasteiger partial charge in [0, 0.05) is 30.9 Å². The van der Waals surface area contributed by atoms with E-state index >= 15 is 0 Å². The first-order chi connectivity index (χ1) is 10.9. The quantitative estimate of drug-likeness (QED) is 0.600. The molecule has 23 heavy (non-hydrogen) atoms. The van der Waals surface area contributed by atoms with Gasteiger partial charge in [-0.15, -0.1) is 0 Å². The molecular formula is C16H22N2O5. The van der Waals surface area contributed by atoms with Gasteiger partial charge in [-0.05, 0) is 44.5 Å². The smallest absolute Gasteiger partial charge is 0.325 e. The molecule has 0 fully saturated rings. The van der Waals surface area contributed by atoms with Crippen LogP contribution in [0.2, 0.25) is 0 Å². The molecule has 0 saturated heterocycles. The van der Waals surface area contributed by atoms with Gasteiger partial charge in [0.05, 0.1) is 0 Å². The maximum absolute atomic E-state index is 11.8. The van der Waals surface area contributed by atoms with Gasteiger partial charge in [-0.25, -0.2) is 0 Å². The first kappa shape index (κ1) is 18.6. The van der Waals surface area contributed by atoms with Crippen LogP contribution in [0.5, 0.6) is 0 Å². The number of anilines is 1. The van der Waals surface area contributed by atoms with Crippen LogP contribution < -0.4 is 10.6 Å². The minimum Gasteiger partial charge on any atom is -0.480 e. The molecule has 7 nitrogen and oxygen atoms in total. The zero-order chi connectivity index (χ0) is 17.2. The Balaban J connectivity index is 2.48. The SMILES string of the molecule is CCOCCCC(=O)Nc1ccc(C(=O)NC(C)C(=O)O)cc1. The predicted molar refractivity (Wildman–Crippen MR) is 85.4 cm³/mol. The Morgan fingerprint density at radius 1 is 1.22 bits per heavy atom. The van der Waals surface area contributed by atoms with Gasteiger partial charge < -0.3 is 20.5 Å². The Bertz CT molecular complexity index is 542. The molecule has 2 amide bonds. The van der Waals surface area contributed by atoms with E-state index < -0.39 is 17.9 Å². The first-order valence-corrected chi connectivity index (χ1v) is 7.45. The maximum Gasteiger partial charge on any atom is 0.325 e. The van der Waals surface area contributed by atoms with Crippen LogP contribution >= 0.6 is 0 Å². The monoisotopic (exact) mass is 322 g/mol. The van der Waals surface area contributed by atoms with Crippen molar-refractivity contribution in [1.29, 1.82) is 0 Å². The van der Waals surface area contributed by atoms with E-state index in [1.165, 1.54) is 19.1 Å². The summed E-state index contributed by atoms with van der Waals surface area (Å²) in [4.78, 5) is 34.2. The molecule has 0 bridgehead atoms. The van der Waals surface area contributed by atoms with Crippen LogP contribution in [0.25, 0.3) is 0 Å². The molecule has 0 heterocycles. The molecule has 1 atom stereocenters. The third kappa shape index (κ3) is 6.92. The number of carboxylic acids is 1. The van der Waals surface area contributed by atoms with Gasteiger partial charge in [0.25, 0.3) is 5.91 Å². The van der Waals surface area contributed by atoms with Crippen molar-refractivity contribution in [2.24, 2.45) is 0 Å². The lowest BCUT2D eigenvalue weighted by Gasteiger charge is -2.10. The maximum atomic E-state index is 11.8. The van der Waals surface area contributed by atoms with E-state index in [2.05, 4.69) is 10.6 Å². The highest BCUT2D eigenvalue weighted by Crippen LogP contribution is 2.10. The fourth-order valence-corrected chi connectivity index (χ4v) is 1.75. The van der Waals surface area contributed by atoms with Gasteiger partial charge in [-0.3, -0.25) is 14.4 Å². The topological polar surface area (TPSA) is 105 Å². The molecule has 126 valence electrons. The normalized spacial score (nSPS) is 11.6. The lowest BCUT2D eigenvalue weighted by atomic mass is 10.1. The second-order valence-electron chi connectivity index (χ2n) is 4.96. The number of carbonyl (C=O) groups is 3. The number of hydrogen-bond acceptors (Lipinski definition) is 4. The molecule has 0 aliphatic heterocycles. The average Bonchev–Trinajstić information content (AvgIpc) is 2.52. The number of carbonyl (C=O) groups excluding carboxylic acids is 2. The van der Waals surface area contributed by atoms with Crippen molar-refractivity contribution in [1.82, 2.24) is 5.32 Å². The predicted octanol–water partition coefficient (Wildman–Crippen LogP) is 1.64. The largest absolute Gasteiger partial charge is 0.480 e. The van der Waals surface area contributed by atoms with Gasteiger partial charge in [0.15, 0.2) is 0 Å². The zero-order valence-corrected chi connectivity index (χ0v) is 13.3. The van der Waals surface area contributed by atoms with E-state index in [1.54, 1.807) is 12.1 Å². The fourth-order valence-electron chi connectivity index (χ4n) is 1.75. The van der Waals surface area contributed by atoms with Crippen molar-refractivity contribution in [3.63, 3.8) is 0 Å². The molecule has 1 aromatic rings. The number of carboxylic acid groups (broad SMARTS) is 1. The van der Waals surface area contributed by atoms with Crippen molar-refractivity contribution < 1.29 is 24.2 Å². The van der Waals surface area contributed by atoms with Gasteiger partial charge in [0.1, 0.15) is 6.04 Å². The highest BCUT2D eigenvalue weighted by atomic mass is 16.5. The zero-order valence-electron chi connectivity index (χ0n) is 13.3. The molecule has 0 aliphatic carbocycles. The Morgan fingerprint density at radius 3 is 2.43 bits per heavy atom. The van der Waals surface area contributed by atoms with Crippen LogP contribution in [0, 0.1) is 0 Å². The number of aliphatic carboxylic acids is 1. The molecule has 0 aromatic heterocycles. The molecular weight excluding hydrogens is 300 g/mol. The summed E-state index contributed by atoms with van der Waals surface area (Å²) in [6.07, 6.45) is 1.01. The lowest BCUT2D eigenvalue weighted by molar-refractivity contribution is -0.138. The number of nitrogens with one attached hydrogen (secondary N) is 2. The Hall–Kier alpha value is -2.41. The summed E-state index contributed by atoms with van der Waals surface area (Å²) in [6.45, 7) is 4.46. The van der Waals surface area contributed by atoms with Crippen LogP contribution in [0.3, 0.4) is 0 Å². The number of benzene rings is 1. The third-order valence-electron chi connectivity index (χ3n) is 3.05. The third-order valence-corrected chi connectivity index (χ3v) is 3.05.